The molecule has 0 aromatic heterocycles. The third-order valence-corrected chi connectivity index (χ3v) is 4.66. The molecule has 4 nitrogen and oxygen atoms in total. The number of halogens is 2. The van der Waals surface area contributed by atoms with Crippen LogP contribution in [-0.4, -0.2) is 14.3 Å². The van der Waals surface area contributed by atoms with E-state index >= 15 is 0 Å². The highest BCUT2D eigenvalue weighted by Gasteiger charge is 2.43. The highest BCUT2D eigenvalue weighted by atomic mass is 32.3. The van der Waals surface area contributed by atoms with E-state index in [2.05, 4.69) is 5.32 Å². The average molecular weight is 337 g/mol. The van der Waals surface area contributed by atoms with Crippen molar-refractivity contribution in [3.63, 3.8) is 0 Å². The van der Waals surface area contributed by atoms with Crippen LogP contribution >= 0.6 is 0 Å². The summed E-state index contributed by atoms with van der Waals surface area (Å²) in [7, 11) is -4.74. The van der Waals surface area contributed by atoms with Gasteiger partial charge in [0, 0.05) is 11.6 Å². The number of amides is 1. The van der Waals surface area contributed by atoms with Crippen molar-refractivity contribution in [1.29, 1.82) is 0 Å². The lowest BCUT2D eigenvalue weighted by Crippen LogP contribution is -2.14. The lowest BCUT2D eigenvalue weighted by atomic mass is 10.1. The highest BCUT2D eigenvalue weighted by molar-refractivity contribution is 7.86. The number of benzene rings is 2. The van der Waals surface area contributed by atoms with Gasteiger partial charge in [-0.3, -0.25) is 4.79 Å². The normalized spacial score (nSPS) is 20.1. The van der Waals surface area contributed by atoms with Crippen molar-refractivity contribution in [3.05, 3.63) is 59.9 Å². The number of hydrogen-bond acceptors (Lipinski definition) is 3. The average Bonchev–Trinajstić information content (AvgIpc) is 3.28. The van der Waals surface area contributed by atoms with E-state index in [0.29, 0.717) is 12.1 Å². The van der Waals surface area contributed by atoms with Gasteiger partial charge in [-0.1, -0.05) is 12.1 Å². The standard InChI is InChI=1S/C16H13F2NO3S/c17-11-3-1-10(2-4-11)14-9-15(14)16(20)19-12-5-7-13(8-6-12)23(18,21)22/h1-8,14-15H,9H2,(H,19,20). The van der Waals surface area contributed by atoms with Crippen molar-refractivity contribution in [3.8, 4) is 0 Å². The molecule has 120 valence electrons. The molecule has 1 saturated carbocycles. The predicted molar refractivity (Wildman–Crippen MR) is 80.6 cm³/mol. The van der Waals surface area contributed by atoms with E-state index < -0.39 is 15.1 Å². The number of anilines is 1. The summed E-state index contributed by atoms with van der Waals surface area (Å²) in [5.74, 6) is -0.667. The van der Waals surface area contributed by atoms with Gasteiger partial charge in [-0.2, -0.15) is 8.42 Å². The fourth-order valence-corrected chi connectivity index (χ4v) is 2.96. The van der Waals surface area contributed by atoms with Crippen LogP contribution in [-0.2, 0) is 15.0 Å². The maximum absolute atomic E-state index is 12.9. The Bertz CT molecular complexity index is 833. The van der Waals surface area contributed by atoms with Crippen molar-refractivity contribution >= 4 is 21.8 Å². The smallest absolute Gasteiger partial charge is 0.326 e. The topological polar surface area (TPSA) is 63.2 Å². The fourth-order valence-electron chi connectivity index (χ4n) is 2.50. The van der Waals surface area contributed by atoms with Gasteiger partial charge >= 0.3 is 10.2 Å². The minimum Gasteiger partial charge on any atom is -0.326 e. The Morgan fingerprint density at radius 3 is 2.22 bits per heavy atom. The monoisotopic (exact) mass is 337 g/mol. The van der Waals surface area contributed by atoms with Crippen LogP contribution in [0.4, 0.5) is 14.0 Å². The summed E-state index contributed by atoms with van der Waals surface area (Å²) < 4.78 is 47.1. The van der Waals surface area contributed by atoms with Crippen LogP contribution in [0.1, 0.15) is 17.9 Å². The molecule has 7 heteroatoms. The van der Waals surface area contributed by atoms with Crippen LogP contribution in [0.5, 0.6) is 0 Å². The van der Waals surface area contributed by atoms with E-state index in [4.69, 9.17) is 0 Å². The molecule has 0 spiro atoms. The number of carbonyl (C=O) groups is 1. The van der Waals surface area contributed by atoms with Crippen molar-refractivity contribution in [2.45, 2.75) is 17.2 Å². The molecule has 1 amide bonds. The second-order valence-electron chi connectivity index (χ2n) is 5.45. The SMILES string of the molecule is O=C(Nc1ccc(S(=O)(=O)F)cc1)C1CC1c1ccc(F)cc1. The Kier molecular flexibility index (Phi) is 3.89. The van der Waals surface area contributed by atoms with Crippen LogP contribution in [0, 0.1) is 11.7 Å². The second-order valence-corrected chi connectivity index (χ2v) is 6.80. The van der Waals surface area contributed by atoms with Gasteiger partial charge in [0.1, 0.15) is 5.82 Å². The van der Waals surface area contributed by atoms with Crippen molar-refractivity contribution in [1.82, 2.24) is 0 Å². The number of hydrogen-bond donors (Lipinski definition) is 1. The van der Waals surface area contributed by atoms with Crippen LogP contribution < -0.4 is 5.32 Å². The summed E-state index contributed by atoms with van der Waals surface area (Å²) >= 11 is 0. The number of rotatable bonds is 4. The Hall–Kier alpha value is -2.28. The van der Waals surface area contributed by atoms with Crippen LogP contribution in [0.25, 0.3) is 0 Å². The van der Waals surface area contributed by atoms with Gasteiger partial charge in [0.15, 0.2) is 0 Å². The Morgan fingerprint density at radius 2 is 1.65 bits per heavy atom. The zero-order valence-electron chi connectivity index (χ0n) is 11.9. The summed E-state index contributed by atoms with van der Waals surface area (Å²) in [6, 6.07) is 10.9. The highest BCUT2D eigenvalue weighted by Crippen LogP contribution is 2.47. The maximum Gasteiger partial charge on any atom is 0.332 e. The van der Waals surface area contributed by atoms with Gasteiger partial charge in [0.25, 0.3) is 0 Å². The lowest BCUT2D eigenvalue weighted by molar-refractivity contribution is -0.117. The van der Waals surface area contributed by atoms with Crippen LogP contribution in [0.15, 0.2) is 53.4 Å². The largest absolute Gasteiger partial charge is 0.332 e. The Morgan fingerprint density at radius 1 is 1.04 bits per heavy atom. The maximum atomic E-state index is 12.9. The molecule has 3 rings (SSSR count). The molecule has 23 heavy (non-hydrogen) atoms. The Balaban J connectivity index is 1.63. The van der Waals surface area contributed by atoms with Crippen LogP contribution in [0.3, 0.4) is 0 Å². The molecule has 2 atom stereocenters. The molecule has 0 aliphatic heterocycles. The molecule has 1 N–H and O–H groups in total. The van der Waals surface area contributed by atoms with E-state index in [1.54, 1.807) is 12.1 Å². The number of carbonyl (C=O) groups excluding carboxylic acids is 1. The van der Waals surface area contributed by atoms with Crippen molar-refractivity contribution in [2.24, 2.45) is 5.92 Å². The zero-order chi connectivity index (χ0) is 16.6. The third kappa shape index (κ3) is 3.56. The molecule has 1 fully saturated rings. The minimum atomic E-state index is -4.74. The lowest BCUT2D eigenvalue weighted by Gasteiger charge is -2.05. The molecule has 0 radical (unpaired) electrons. The first-order valence-corrected chi connectivity index (χ1v) is 8.34. The summed E-state index contributed by atoms with van der Waals surface area (Å²) in [6.07, 6.45) is 0.675. The van der Waals surface area contributed by atoms with E-state index in [1.165, 1.54) is 24.3 Å². The molecule has 0 saturated heterocycles. The fraction of sp³-hybridized carbons (Fsp3) is 0.188. The summed E-state index contributed by atoms with van der Waals surface area (Å²) in [4.78, 5) is 11.7. The predicted octanol–water partition coefficient (Wildman–Crippen LogP) is 3.23. The summed E-state index contributed by atoms with van der Waals surface area (Å²) in [5.41, 5.74) is 1.30. The minimum absolute atomic E-state index is 0.0566. The molecule has 2 aromatic carbocycles. The molecule has 2 aromatic rings. The van der Waals surface area contributed by atoms with Crippen molar-refractivity contribution < 1.29 is 21.5 Å². The van der Waals surface area contributed by atoms with Gasteiger partial charge in [0.05, 0.1) is 4.90 Å². The molecule has 1 aliphatic carbocycles. The van der Waals surface area contributed by atoms with Gasteiger partial charge in [-0.25, -0.2) is 4.39 Å². The summed E-state index contributed by atoms with van der Waals surface area (Å²) in [6.45, 7) is 0. The van der Waals surface area contributed by atoms with Crippen LogP contribution in [0.2, 0.25) is 0 Å². The molecule has 2 unspecified atom stereocenters. The van der Waals surface area contributed by atoms with Crippen molar-refractivity contribution in [2.75, 3.05) is 5.32 Å². The van der Waals surface area contributed by atoms with E-state index in [-0.39, 0.29) is 23.6 Å². The van der Waals surface area contributed by atoms with E-state index in [0.717, 1.165) is 17.7 Å². The summed E-state index contributed by atoms with van der Waals surface area (Å²) in [5, 5.41) is 2.66. The first-order chi connectivity index (χ1) is 10.8. The van der Waals surface area contributed by atoms with Gasteiger partial charge < -0.3 is 5.32 Å². The van der Waals surface area contributed by atoms with Gasteiger partial charge in [0.2, 0.25) is 5.91 Å². The third-order valence-electron chi connectivity index (χ3n) is 3.83. The molecule has 1 aliphatic rings. The zero-order valence-corrected chi connectivity index (χ0v) is 12.7. The van der Waals surface area contributed by atoms with Gasteiger partial charge in [-0.15, -0.1) is 3.89 Å². The van der Waals surface area contributed by atoms with Gasteiger partial charge in [-0.05, 0) is 54.3 Å². The van der Waals surface area contributed by atoms with E-state index in [9.17, 15) is 21.5 Å². The first-order valence-electron chi connectivity index (χ1n) is 6.95. The Labute approximate surface area is 132 Å². The molecule has 0 bridgehead atoms. The molecule has 0 heterocycles. The molecular weight excluding hydrogens is 324 g/mol. The second kappa shape index (κ2) is 5.73. The number of nitrogens with one attached hydrogen (secondary N) is 1. The van der Waals surface area contributed by atoms with E-state index in [1.807, 2.05) is 0 Å². The quantitative estimate of drug-likeness (QED) is 0.871. The molecular formula is C16H13F2NO3S. The first kappa shape index (κ1) is 15.6.